The molecule has 0 saturated carbocycles. The zero-order valence-electron chi connectivity index (χ0n) is 18.2. The van der Waals surface area contributed by atoms with E-state index < -0.39 is 0 Å². The Morgan fingerprint density at radius 1 is 0.818 bits per heavy atom. The number of phenolic OH excluding ortho intramolecular Hbond substituents is 1. The van der Waals surface area contributed by atoms with Crippen molar-refractivity contribution in [3.05, 3.63) is 82.5 Å². The van der Waals surface area contributed by atoms with Crippen LogP contribution in [0.4, 0.5) is 11.4 Å². The summed E-state index contributed by atoms with van der Waals surface area (Å²) < 4.78 is 0. The van der Waals surface area contributed by atoms with E-state index in [1.807, 2.05) is 54.6 Å². The Balaban J connectivity index is 1.57. The lowest BCUT2D eigenvalue weighted by Gasteiger charge is -2.27. The summed E-state index contributed by atoms with van der Waals surface area (Å²) in [5.74, 6) is 0.275. The fourth-order valence-corrected chi connectivity index (χ4v) is 4.75. The van der Waals surface area contributed by atoms with Gasteiger partial charge in [-0.1, -0.05) is 41.8 Å². The number of fused-ring (bicyclic) bond motifs is 1. The number of halogens is 2. The molecule has 1 fully saturated rings. The van der Waals surface area contributed by atoms with Crippen molar-refractivity contribution in [1.82, 2.24) is 9.88 Å². The summed E-state index contributed by atoms with van der Waals surface area (Å²) in [4.78, 5) is 6.84. The van der Waals surface area contributed by atoms with Gasteiger partial charge in [0, 0.05) is 39.4 Å². The Hall–Kier alpha value is -2.79. The van der Waals surface area contributed by atoms with Gasteiger partial charge in [-0.2, -0.15) is 0 Å². The molecule has 3 aromatic carbocycles. The molecule has 4 nitrogen and oxygen atoms in total. The molecule has 0 atom stereocenters. The smallest absolute Gasteiger partial charge is 0.143 e. The molecule has 2 N–H and O–H groups in total. The van der Waals surface area contributed by atoms with Crippen molar-refractivity contribution in [1.29, 1.82) is 0 Å². The summed E-state index contributed by atoms with van der Waals surface area (Å²) in [5, 5.41) is 17.0. The number of hydrogen-bond acceptors (Lipinski definition) is 4. The zero-order valence-corrected chi connectivity index (χ0v) is 19.7. The maximum Gasteiger partial charge on any atom is 0.143 e. The lowest BCUT2D eigenvalue weighted by Crippen LogP contribution is -2.29. The molecule has 1 aromatic heterocycles. The van der Waals surface area contributed by atoms with Gasteiger partial charge in [-0.3, -0.25) is 9.88 Å². The highest BCUT2D eigenvalue weighted by Crippen LogP contribution is 2.38. The van der Waals surface area contributed by atoms with E-state index in [0.717, 1.165) is 46.4 Å². The summed E-state index contributed by atoms with van der Waals surface area (Å²) in [6.45, 7) is 2.83. The van der Waals surface area contributed by atoms with Gasteiger partial charge in [0.05, 0.1) is 11.2 Å². The number of piperidine rings is 1. The Labute approximate surface area is 203 Å². The van der Waals surface area contributed by atoms with Crippen LogP contribution in [0.15, 0.2) is 66.9 Å². The monoisotopic (exact) mass is 477 g/mol. The Bertz CT molecular complexity index is 1280. The number of nitrogens with one attached hydrogen (secondary N) is 1. The van der Waals surface area contributed by atoms with E-state index in [1.54, 1.807) is 6.20 Å². The number of phenols is 1. The van der Waals surface area contributed by atoms with Crippen molar-refractivity contribution in [2.75, 3.05) is 18.4 Å². The largest absolute Gasteiger partial charge is 0.505 e. The molecule has 6 heteroatoms. The number of benzene rings is 3. The van der Waals surface area contributed by atoms with Crippen LogP contribution >= 0.6 is 23.2 Å². The number of rotatable bonds is 5. The van der Waals surface area contributed by atoms with Crippen molar-refractivity contribution < 1.29 is 5.11 Å². The molecule has 0 amide bonds. The molecule has 0 bridgehead atoms. The standard InChI is InChI=1S/C27H25Cl2N3O/c28-21-6-4-18(5-7-21)19-14-20(17-32-12-2-1-3-13-32)27(33)26(15-19)31-24-10-11-30-25-16-22(29)8-9-23(24)25/h4-11,14-16,33H,1-3,12-13,17H2,(H,30,31). The third-order valence-electron chi connectivity index (χ3n) is 6.18. The maximum absolute atomic E-state index is 11.3. The Kier molecular flexibility index (Phi) is 6.41. The minimum absolute atomic E-state index is 0.275. The van der Waals surface area contributed by atoms with Crippen molar-refractivity contribution >= 4 is 45.5 Å². The second kappa shape index (κ2) is 9.60. The van der Waals surface area contributed by atoms with Gasteiger partial charge in [-0.15, -0.1) is 0 Å². The highest BCUT2D eigenvalue weighted by molar-refractivity contribution is 6.31. The molecule has 33 heavy (non-hydrogen) atoms. The molecular formula is C27H25Cl2N3O. The number of aromatic hydroxyl groups is 1. The second-order valence-corrected chi connectivity index (χ2v) is 9.39. The van der Waals surface area contributed by atoms with E-state index >= 15 is 0 Å². The molecule has 1 aliphatic rings. The predicted octanol–water partition coefficient (Wildman–Crippen LogP) is 7.64. The van der Waals surface area contributed by atoms with E-state index in [9.17, 15) is 5.11 Å². The first-order valence-electron chi connectivity index (χ1n) is 11.2. The lowest BCUT2D eigenvalue weighted by molar-refractivity contribution is 0.218. The van der Waals surface area contributed by atoms with Crippen molar-refractivity contribution in [3.8, 4) is 16.9 Å². The van der Waals surface area contributed by atoms with Crippen molar-refractivity contribution in [2.45, 2.75) is 25.8 Å². The van der Waals surface area contributed by atoms with Gasteiger partial charge >= 0.3 is 0 Å². The fourth-order valence-electron chi connectivity index (χ4n) is 4.45. The Morgan fingerprint density at radius 2 is 1.58 bits per heavy atom. The van der Waals surface area contributed by atoms with Crippen LogP contribution in [0, 0.1) is 0 Å². The quantitative estimate of drug-likeness (QED) is 0.289. The van der Waals surface area contributed by atoms with Gasteiger partial charge in [0.2, 0.25) is 0 Å². The number of likely N-dealkylation sites (tertiary alicyclic amines) is 1. The van der Waals surface area contributed by atoms with Crippen LogP contribution in [-0.2, 0) is 6.54 Å². The average molecular weight is 478 g/mol. The summed E-state index contributed by atoms with van der Waals surface area (Å²) in [5.41, 5.74) is 5.32. The zero-order chi connectivity index (χ0) is 22.8. The SMILES string of the molecule is Oc1c(CN2CCCCC2)cc(-c2ccc(Cl)cc2)cc1Nc1ccnc2cc(Cl)ccc12. The number of nitrogens with zero attached hydrogens (tertiary/aromatic N) is 2. The Morgan fingerprint density at radius 3 is 2.36 bits per heavy atom. The van der Waals surface area contributed by atoms with Crippen LogP contribution in [0.1, 0.15) is 24.8 Å². The van der Waals surface area contributed by atoms with Gasteiger partial charge in [0.25, 0.3) is 0 Å². The van der Waals surface area contributed by atoms with E-state index in [2.05, 4.69) is 21.3 Å². The first-order valence-corrected chi connectivity index (χ1v) is 12.0. The highest BCUT2D eigenvalue weighted by atomic mass is 35.5. The van der Waals surface area contributed by atoms with Crippen LogP contribution in [0.5, 0.6) is 5.75 Å². The third kappa shape index (κ3) is 4.93. The topological polar surface area (TPSA) is 48.4 Å². The van der Waals surface area contributed by atoms with E-state index in [0.29, 0.717) is 22.3 Å². The first kappa shape index (κ1) is 22.0. The van der Waals surface area contributed by atoms with E-state index in [4.69, 9.17) is 23.2 Å². The maximum atomic E-state index is 11.3. The molecular weight excluding hydrogens is 453 g/mol. The third-order valence-corrected chi connectivity index (χ3v) is 6.67. The number of hydrogen-bond donors (Lipinski definition) is 2. The molecule has 4 aromatic rings. The molecule has 0 radical (unpaired) electrons. The van der Waals surface area contributed by atoms with Gasteiger partial charge < -0.3 is 10.4 Å². The lowest BCUT2D eigenvalue weighted by atomic mass is 9.99. The predicted molar refractivity (Wildman–Crippen MR) is 138 cm³/mol. The number of anilines is 2. The van der Waals surface area contributed by atoms with Crippen molar-refractivity contribution in [3.63, 3.8) is 0 Å². The highest BCUT2D eigenvalue weighted by Gasteiger charge is 2.17. The summed E-state index contributed by atoms with van der Waals surface area (Å²) >= 11 is 12.3. The van der Waals surface area contributed by atoms with E-state index in [1.165, 1.54) is 19.3 Å². The molecule has 1 aliphatic heterocycles. The minimum atomic E-state index is 0.275. The number of aromatic nitrogens is 1. The van der Waals surface area contributed by atoms with Crippen LogP contribution < -0.4 is 5.32 Å². The summed E-state index contributed by atoms with van der Waals surface area (Å²) in [7, 11) is 0. The van der Waals surface area contributed by atoms with Gasteiger partial charge in [-0.05, 0) is 85.6 Å². The average Bonchev–Trinajstić information content (AvgIpc) is 2.82. The van der Waals surface area contributed by atoms with Crippen LogP contribution in [0.25, 0.3) is 22.0 Å². The van der Waals surface area contributed by atoms with Crippen LogP contribution in [-0.4, -0.2) is 28.1 Å². The summed E-state index contributed by atoms with van der Waals surface area (Å²) in [6.07, 6.45) is 5.43. The van der Waals surface area contributed by atoms with Crippen LogP contribution in [0.3, 0.4) is 0 Å². The normalized spacial score (nSPS) is 14.5. The van der Waals surface area contributed by atoms with Crippen molar-refractivity contribution in [2.24, 2.45) is 0 Å². The molecule has 0 spiro atoms. The summed E-state index contributed by atoms with van der Waals surface area (Å²) in [6, 6.07) is 19.4. The molecule has 0 aliphatic carbocycles. The molecule has 1 saturated heterocycles. The van der Waals surface area contributed by atoms with Crippen LogP contribution in [0.2, 0.25) is 10.0 Å². The number of pyridine rings is 1. The fraction of sp³-hybridized carbons (Fsp3) is 0.222. The molecule has 5 rings (SSSR count). The molecule has 2 heterocycles. The van der Waals surface area contributed by atoms with Gasteiger partial charge in [0.1, 0.15) is 5.75 Å². The minimum Gasteiger partial charge on any atom is -0.505 e. The van der Waals surface area contributed by atoms with Gasteiger partial charge in [0.15, 0.2) is 0 Å². The van der Waals surface area contributed by atoms with Gasteiger partial charge in [-0.25, -0.2) is 0 Å². The van der Waals surface area contributed by atoms with E-state index in [-0.39, 0.29) is 5.75 Å². The molecule has 0 unspecified atom stereocenters. The first-order chi connectivity index (χ1) is 16.1. The molecule has 168 valence electrons. The second-order valence-electron chi connectivity index (χ2n) is 8.52.